The van der Waals surface area contributed by atoms with E-state index in [1.165, 1.54) is 64.5 Å². The maximum atomic E-state index is 6.90. The highest BCUT2D eigenvalue weighted by Gasteiger charge is 2.39. The molecule has 7 aromatic carbocycles. The number of aromatic nitrogens is 3. The van der Waals surface area contributed by atoms with Crippen LogP contribution in [0.5, 0.6) is 0 Å². The maximum absolute atomic E-state index is 6.90. The van der Waals surface area contributed by atoms with Gasteiger partial charge >= 0.3 is 0 Å². The number of benzene rings is 7. The van der Waals surface area contributed by atoms with Gasteiger partial charge in [0.25, 0.3) is 0 Å². The molecule has 0 spiro atoms. The minimum Gasteiger partial charge on any atom is -0.455 e. The summed E-state index contributed by atoms with van der Waals surface area (Å²) in [5, 5.41) is 9.13. The zero-order chi connectivity index (χ0) is 39.0. The number of hydrogen-bond donors (Lipinski definition) is 0. The predicted molar refractivity (Wildman–Crippen MR) is 246 cm³/mol. The zero-order valence-electron chi connectivity index (χ0n) is 32.2. The van der Waals surface area contributed by atoms with Gasteiger partial charge < -0.3 is 4.42 Å². The lowest BCUT2D eigenvalue weighted by molar-refractivity contribution is 0.653. The molecule has 1 aliphatic rings. The van der Waals surface area contributed by atoms with E-state index in [0.29, 0.717) is 0 Å². The number of pyridine rings is 3. The lowest BCUT2D eigenvalue weighted by Crippen LogP contribution is -2.15. The second-order valence-corrected chi connectivity index (χ2v) is 17.3. The zero-order valence-corrected chi connectivity index (χ0v) is 33.1. The van der Waals surface area contributed by atoms with Crippen molar-refractivity contribution in [2.75, 3.05) is 0 Å². The van der Waals surface area contributed by atoms with Crippen LogP contribution in [-0.2, 0) is 5.41 Å². The van der Waals surface area contributed by atoms with Crippen LogP contribution in [-0.4, -0.2) is 15.0 Å². The average molecular weight is 772 g/mol. The molecule has 5 heteroatoms. The number of furan rings is 1. The van der Waals surface area contributed by atoms with E-state index in [-0.39, 0.29) is 5.41 Å². The van der Waals surface area contributed by atoms with Crippen molar-refractivity contribution in [2.24, 2.45) is 0 Å². The second kappa shape index (κ2) is 11.9. The molecule has 1 aliphatic carbocycles. The largest absolute Gasteiger partial charge is 0.455 e. The number of hydrogen-bond acceptors (Lipinski definition) is 5. The van der Waals surface area contributed by atoms with Crippen LogP contribution < -0.4 is 0 Å². The van der Waals surface area contributed by atoms with Crippen LogP contribution in [0.25, 0.3) is 119 Å². The summed E-state index contributed by atoms with van der Waals surface area (Å²) in [5.41, 5.74) is 15.0. The highest BCUT2D eigenvalue weighted by atomic mass is 32.1. The molecule has 276 valence electrons. The Kier molecular flexibility index (Phi) is 6.63. The molecule has 5 heterocycles. The van der Waals surface area contributed by atoms with E-state index >= 15 is 0 Å². The molecule has 4 nitrogen and oxygen atoms in total. The lowest BCUT2D eigenvalue weighted by Gasteiger charge is -2.22. The van der Waals surface area contributed by atoms with E-state index < -0.39 is 0 Å². The first-order chi connectivity index (χ1) is 29.0. The topological polar surface area (TPSA) is 51.8 Å². The summed E-state index contributed by atoms with van der Waals surface area (Å²) in [6, 6.07) is 54.5. The number of thiophene rings is 1. The van der Waals surface area contributed by atoms with Crippen LogP contribution >= 0.6 is 11.3 Å². The number of rotatable bonds is 3. The molecule has 5 aromatic heterocycles. The molecule has 12 aromatic rings. The van der Waals surface area contributed by atoms with Gasteiger partial charge in [-0.25, -0.2) is 4.98 Å². The molecule has 0 amide bonds. The Bertz CT molecular complexity index is 3780. The SMILES string of the molecule is CC1(C)c2ccccc2-c2c1cc(-c1ccc(-c3cnc(-c4ccc5ccc6cccnc6c5n4)c4ccccc34)c3c1sc1ccccc13)c1c2oc2ccccc21. The molecule has 59 heavy (non-hydrogen) atoms. The van der Waals surface area contributed by atoms with E-state index in [1.807, 2.05) is 23.6 Å². The van der Waals surface area contributed by atoms with Gasteiger partial charge in [-0.1, -0.05) is 135 Å². The van der Waals surface area contributed by atoms with Crippen LogP contribution in [0.1, 0.15) is 25.0 Å². The Morgan fingerprint density at radius 3 is 2.15 bits per heavy atom. The fourth-order valence-corrected chi connectivity index (χ4v) is 11.3. The Hall–Kier alpha value is -7.21. The van der Waals surface area contributed by atoms with Crippen molar-refractivity contribution in [1.82, 2.24) is 15.0 Å². The molecular formula is C54H33N3OS. The highest BCUT2D eigenvalue weighted by molar-refractivity contribution is 7.26. The van der Waals surface area contributed by atoms with Crippen molar-refractivity contribution >= 4 is 86.0 Å². The average Bonchev–Trinajstić information content (AvgIpc) is 3.94. The molecule has 0 saturated heterocycles. The fraction of sp³-hybridized carbons (Fsp3) is 0.0556. The molecule has 0 saturated carbocycles. The summed E-state index contributed by atoms with van der Waals surface area (Å²) in [7, 11) is 0. The molecule has 13 rings (SSSR count). The third-order valence-electron chi connectivity index (χ3n) is 12.8. The van der Waals surface area contributed by atoms with Gasteiger partial charge in [0.05, 0.1) is 22.4 Å². The van der Waals surface area contributed by atoms with E-state index in [9.17, 15) is 0 Å². The van der Waals surface area contributed by atoms with Crippen molar-refractivity contribution in [3.05, 3.63) is 175 Å². The minimum atomic E-state index is -0.192. The van der Waals surface area contributed by atoms with Crippen LogP contribution in [0, 0.1) is 0 Å². The molecular weight excluding hydrogens is 739 g/mol. The number of para-hydroxylation sites is 1. The summed E-state index contributed by atoms with van der Waals surface area (Å²) in [6.07, 6.45) is 3.89. The third-order valence-corrected chi connectivity index (χ3v) is 14.0. The normalized spacial score (nSPS) is 13.4. The number of fused-ring (bicyclic) bond motifs is 14. The number of nitrogens with zero attached hydrogens (tertiary/aromatic N) is 3. The van der Waals surface area contributed by atoms with Crippen molar-refractivity contribution in [2.45, 2.75) is 19.3 Å². The van der Waals surface area contributed by atoms with Gasteiger partial charge in [-0.3, -0.25) is 9.97 Å². The van der Waals surface area contributed by atoms with Gasteiger partial charge in [0.1, 0.15) is 11.2 Å². The van der Waals surface area contributed by atoms with Crippen molar-refractivity contribution in [3.8, 4) is 44.8 Å². The molecule has 0 bridgehead atoms. The fourth-order valence-electron chi connectivity index (χ4n) is 10.00. The first kappa shape index (κ1) is 32.8. The van der Waals surface area contributed by atoms with E-state index in [4.69, 9.17) is 19.4 Å². The van der Waals surface area contributed by atoms with Crippen LogP contribution in [0.15, 0.2) is 168 Å². The standard InChI is InChI=1S/C54H33N3OS/c1-54(2)41-18-8-5-15-36(41)48-42(54)28-39(46-37-16-6-9-19-44(37)58-52(46)48)35-25-24-33(47-38-17-7-10-20-45(38)59-53(35)47)40-29-56-51(34-14-4-3-13-32(34)40)43-26-23-31-22-21-30-12-11-27-55-49(30)50(31)57-43/h3-29H,1-2H3. The summed E-state index contributed by atoms with van der Waals surface area (Å²) >= 11 is 1.87. The van der Waals surface area contributed by atoms with Gasteiger partial charge in [-0.2, -0.15) is 0 Å². The molecule has 0 atom stereocenters. The van der Waals surface area contributed by atoms with Gasteiger partial charge in [-0.15, -0.1) is 11.3 Å². The molecule has 0 fully saturated rings. The van der Waals surface area contributed by atoms with Crippen molar-refractivity contribution in [3.63, 3.8) is 0 Å². The Balaban J connectivity index is 1.07. The minimum absolute atomic E-state index is 0.192. The first-order valence-corrected chi connectivity index (χ1v) is 20.9. The van der Waals surface area contributed by atoms with Crippen molar-refractivity contribution in [1.29, 1.82) is 0 Å². The second-order valence-electron chi connectivity index (χ2n) is 16.3. The van der Waals surface area contributed by atoms with E-state index in [0.717, 1.165) is 66.1 Å². The van der Waals surface area contributed by atoms with Gasteiger partial charge in [-0.05, 0) is 63.5 Å². The van der Waals surface area contributed by atoms with Crippen molar-refractivity contribution < 1.29 is 4.42 Å². The van der Waals surface area contributed by atoms with Crippen LogP contribution in [0.2, 0.25) is 0 Å². The molecule has 0 unspecified atom stereocenters. The smallest absolute Gasteiger partial charge is 0.144 e. The Labute approximate surface area is 343 Å². The van der Waals surface area contributed by atoms with Crippen LogP contribution in [0.4, 0.5) is 0 Å². The van der Waals surface area contributed by atoms with E-state index in [2.05, 4.69) is 166 Å². The molecule has 0 N–H and O–H groups in total. The third kappa shape index (κ3) is 4.51. The highest BCUT2D eigenvalue weighted by Crippen LogP contribution is 2.56. The van der Waals surface area contributed by atoms with Gasteiger partial charge in [0, 0.05) is 81.6 Å². The predicted octanol–water partition coefficient (Wildman–Crippen LogP) is 14.9. The summed E-state index contributed by atoms with van der Waals surface area (Å²) in [6.45, 7) is 4.70. The lowest BCUT2D eigenvalue weighted by atomic mass is 9.80. The van der Waals surface area contributed by atoms with E-state index in [1.54, 1.807) is 0 Å². The summed E-state index contributed by atoms with van der Waals surface area (Å²) < 4.78 is 9.41. The monoisotopic (exact) mass is 771 g/mol. The van der Waals surface area contributed by atoms with Gasteiger partial charge in [0.2, 0.25) is 0 Å². The quantitative estimate of drug-likeness (QED) is 0.168. The maximum Gasteiger partial charge on any atom is 0.144 e. The summed E-state index contributed by atoms with van der Waals surface area (Å²) in [5.74, 6) is 0. The van der Waals surface area contributed by atoms with Gasteiger partial charge in [0.15, 0.2) is 0 Å². The van der Waals surface area contributed by atoms with Crippen LogP contribution in [0.3, 0.4) is 0 Å². The molecule has 0 aliphatic heterocycles. The Morgan fingerprint density at radius 2 is 1.25 bits per heavy atom. The first-order valence-electron chi connectivity index (χ1n) is 20.1. The Morgan fingerprint density at radius 1 is 0.525 bits per heavy atom. The summed E-state index contributed by atoms with van der Waals surface area (Å²) in [4.78, 5) is 15.2. The molecule has 0 radical (unpaired) electrons.